The van der Waals surface area contributed by atoms with Crippen LogP contribution < -0.4 is 10.3 Å². The van der Waals surface area contributed by atoms with Crippen molar-refractivity contribution in [2.24, 2.45) is 10.3 Å². The van der Waals surface area contributed by atoms with Crippen LogP contribution in [0.4, 0.5) is 0 Å². The Balaban J connectivity index is 0. The smallest absolute Gasteiger partial charge is 0.212 e. The van der Waals surface area contributed by atoms with E-state index in [1.807, 2.05) is 0 Å². The minimum Gasteiger partial charge on any atom is -0.760 e. The first-order valence-corrected chi connectivity index (χ1v) is 5.10. The van der Waals surface area contributed by atoms with E-state index in [1.165, 1.54) is 6.08 Å². The van der Waals surface area contributed by atoms with Crippen molar-refractivity contribution in [1.82, 2.24) is 0 Å². The molecule has 0 spiro atoms. The highest BCUT2D eigenvalue weighted by atomic mass is 32.2. The zero-order chi connectivity index (χ0) is 9.49. The van der Waals surface area contributed by atoms with E-state index < -0.39 is 21.3 Å². The average molecular weight is 201 g/mol. The second kappa shape index (κ2) is 6.43. The van der Waals surface area contributed by atoms with Crippen molar-refractivity contribution < 1.29 is 17.2 Å². The van der Waals surface area contributed by atoms with Gasteiger partial charge in [-0.15, -0.1) is 6.58 Å². The molecular formula is C3H9N2O4S2-. The van der Waals surface area contributed by atoms with Crippen LogP contribution in [-0.4, -0.2) is 22.9 Å². The lowest BCUT2D eigenvalue weighted by Gasteiger charge is -1.85. The highest BCUT2D eigenvalue weighted by molar-refractivity contribution is 7.89. The Kier molecular flexibility index (Phi) is 7.79. The van der Waals surface area contributed by atoms with Crippen molar-refractivity contribution >= 4 is 21.3 Å². The summed E-state index contributed by atoms with van der Waals surface area (Å²) in [7, 11) is -3.29. The summed E-state index contributed by atoms with van der Waals surface area (Å²) in [5.41, 5.74) is 0. The fourth-order valence-electron chi connectivity index (χ4n) is 0.164. The first-order chi connectivity index (χ1) is 4.79. The summed E-state index contributed by atoms with van der Waals surface area (Å²) in [6, 6.07) is 0. The molecule has 0 aromatic rings. The van der Waals surface area contributed by atoms with Gasteiger partial charge in [-0.1, -0.05) is 6.08 Å². The lowest BCUT2D eigenvalue weighted by atomic mass is 10.8. The van der Waals surface area contributed by atoms with Crippen LogP contribution in [0.1, 0.15) is 0 Å². The molecule has 0 aliphatic carbocycles. The maximum atomic E-state index is 9.94. The molecule has 0 aliphatic rings. The molecule has 4 N–H and O–H groups in total. The molecule has 1 atom stereocenters. The summed E-state index contributed by atoms with van der Waals surface area (Å²) in [4.78, 5) is 0. The van der Waals surface area contributed by atoms with Gasteiger partial charge in [0.05, 0.1) is 5.75 Å². The summed E-state index contributed by atoms with van der Waals surface area (Å²) in [5.74, 6) is -0.146. The highest BCUT2D eigenvalue weighted by Gasteiger charge is 1.93. The van der Waals surface area contributed by atoms with Gasteiger partial charge in [0, 0.05) is 11.3 Å². The maximum Gasteiger partial charge on any atom is 0.212 e. The van der Waals surface area contributed by atoms with Crippen molar-refractivity contribution in [2.75, 3.05) is 5.75 Å². The van der Waals surface area contributed by atoms with Crippen LogP contribution in [-0.2, 0) is 21.3 Å². The van der Waals surface area contributed by atoms with Crippen LogP contribution in [0.5, 0.6) is 0 Å². The highest BCUT2D eigenvalue weighted by Crippen LogP contribution is 1.73. The summed E-state index contributed by atoms with van der Waals surface area (Å²) < 4.78 is 37.4. The van der Waals surface area contributed by atoms with E-state index in [9.17, 15) is 8.42 Å². The van der Waals surface area contributed by atoms with Gasteiger partial charge in [-0.25, -0.2) is 13.6 Å². The Hall–Kier alpha value is -0.280. The predicted molar refractivity (Wildman–Crippen MR) is 41.3 cm³/mol. The molecule has 0 aromatic heterocycles. The van der Waals surface area contributed by atoms with Crippen LogP contribution in [0, 0.1) is 0 Å². The molecule has 6 nitrogen and oxygen atoms in total. The molecule has 0 heterocycles. The second-order valence-corrected chi connectivity index (χ2v) is 3.56. The van der Waals surface area contributed by atoms with Gasteiger partial charge in [0.2, 0.25) is 10.0 Å². The van der Waals surface area contributed by atoms with Gasteiger partial charge in [0.25, 0.3) is 0 Å². The van der Waals surface area contributed by atoms with Crippen LogP contribution in [0.15, 0.2) is 12.7 Å². The molecule has 1 unspecified atom stereocenters. The zero-order valence-corrected chi connectivity index (χ0v) is 7.23. The standard InChI is InChI=1S/C3H7NO2S.H3NO2S/c1-2-3-7(4,5)6;1-4(2)3/h2H,1,3H2,(H2,4,5,6);1H2,(H,2,3)/p-1. The normalized spacial score (nSPS) is 12.6. The molecule has 0 saturated carbocycles. The monoisotopic (exact) mass is 201 g/mol. The summed E-state index contributed by atoms with van der Waals surface area (Å²) in [6.07, 6.45) is 1.25. The number of hydrogen-bond acceptors (Lipinski definition) is 4. The second-order valence-electron chi connectivity index (χ2n) is 1.38. The Morgan fingerprint density at radius 2 is 1.91 bits per heavy atom. The number of nitrogens with two attached hydrogens (primary N) is 2. The van der Waals surface area contributed by atoms with Crippen molar-refractivity contribution in [3.63, 3.8) is 0 Å². The average Bonchev–Trinajstić information content (AvgIpc) is 1.58. The number of hydrogen-bond donors (Lipinski definition) is 2. The third kappa shape index (κ3) is 41.9. The molecule has 8 heteroatoms. The minimum absolute atomic E-state index is 0.146. The Morgan fingerprint density at radius 1 is 1.64 bits per heavy atom. The number of rotatable bonds is 2. The third-order valence-corrected chi connectivity index (χ3v) is 1.05. The molecule has 11 heavy (non-hydrogen) atoms. The quantitative estimate of drug-likeness (QED) is 0.403. The van der Waals surface area contributed by atoms with Crippen LogP contribution in [0.3, 0.4) is 0 Å². The molecular weight excluding hydrogens is 192 g/mol. The predicted octanol–water partition coefficient (Wildman–Crippen LogP) is -1.80. The van der Waals surface area contributed by atoms with E-state index in [-0.39, 0.29) is 5.75 Å². The van der Waals surface area contributed by atoms with Gasteiger partial charge < -0.3 is 4.55 Å². The van der Waals surface area contributed by atoms with Gasteiger partial charge in [0.15, 0.2) is 0 Å². The van der Waals surface area contributed by atoms with E-state index >= 15 is 0 Å². The van der Waals surface area contributed by atoms with Crippen molar-refractivity contribution in [1.29, 1.82) is 0 Å². The number of primary sulfonamides is 1. The van der Waals surface area contributed by atoms with E-state index in [0.717, 1.165) is 0 Å². The molecule has 0 fully saturated rings. The molecule has 0 saturated heterocycles. The van der Waals surface area contributed by atoms with E-state index in [0.29, 0.717) is 0 Å². The van der Waals surface area contributed by atoms with E-state index in [4.69, 9.17) is 8.76 Å². The largest absolute Gasteiger partial charge is 0.760 e. The summed E-state index contributed by atoms with van der Waals surface area (Å²) >= 11 is -2.36. The van der Waals surface area contributed by atoms with Crippen LogP contribution >= 0.6 is 0 Å². The van der Waals surface area contributed by atoms with Crippen LogP contribution in [0.25, 0.3) is 0 Å². The summed E-state index contributed by atoms with van der Waals surface area (Å²) in [5, 5.41) is 8.57. The molecule has 0 aromatic carbocycles. The Morgan fingerprint density at radius 3 is 1.91 bits per heavy atom. The van der Waals surface area contributed by atoms with Crippen LogP contribution in [0.2, 0.25) is 0 Å². The van der Waals surface area contributed by atoms with Gasteiger partial charge >= 0.3 is 0 Å². The molecule has 0 rings (SSSR count). The first kappa shape index (κ1) is 13.3. The molecule has 0 amide bonds. The summed E-state index contributed by atoms with van der Waals surface area (Å²) in [6.45, 7) is 3.19. The molecule has 0 bridgehead atoms. The molecule has 0 aliphatic heterocycles. The SMILES string of the molecule is C=CCS(N)(=O)=O.NS(=O)[O-]. The van der Waals surface area contributed by atoms with Gasteiger partial charge in [-0.3, -0.25) is 9.35 Å². The fourth-order valence-corrected chi connectivity index (χ4v) is 0.493. The van der Waals surface area contributed by atoms with Gasteiger partial charge in [0.1, 0.15) is 0 Å². The lowest BCUT2D eigenvalue weighted by molar-refractivity contribution is 0.538. The topological polar surface area (TPSA) is 126 Å². The molecule has 68 valence electrons. The van der Waals surface area contributed by atoms with Crippen molar-refractivity contribution in [3.8, 4) is 0 Å². The Bertz CT molecular complexity index is 217. The first-order valence-electron chi connectivity index (χ1n) is 2.24. The zero-order valence-electron chi connectivity index (χ0n) is 5.60. The molecule has 0 radical (unpaired) electrons. The maximum absolute atomic E-state index is 9.94. The minimum atomic E-state index is -3.29. The third-order valence-electron chi connectivity index (χ3n) is 0.350. The van der Waals surface area contributed by atoms with E-state index in [2.05, 4.69) is 16.9 Å². The van der Waals surface area contributed by atoms with Gasteiger partial charge in [-0.05, 0) is 0 Å². The van der Waals surface area contributed by atoms with Gasteiger partial charge in [-0.2, -0.15) is 0 Å². The fraction of sp³-hybridized carbons (Fsp3) is 0.333. The van der Waals surface area contributed by atoms with Crippen molar-refractivity contribution in [3.05, 3.63) is 12.7 Å². The lowest BCUT2D eigenvalue weighted by Crippen LogP contribution is -2.14. The number of sulfonamides is 1. The Labute approximate surface area is 67.7 Å². The van der Waals surface area contributed by atoms with Crippen molar-refractivity contribution in [2.45, 2.75) is 0 Å². The van der Waals surface area contributed by atoms with E-state index in [1.54, 1.807) is 0 Å².